The van der Waals surface area contributed by atoms with Gasteiger partial charge in [0.25, 0.3) is 5.91 Å². The Morgan fingerprint density at radius 1 is 1.06 bits per heavy atom. The van der Waals surface area contributed by atoms with Gasteiger partial charge in [-0.05, 0) is 24.3 Å². The lowest BCUT2D eigenvalue weighted by Gasteiger charge is -2.07. The molecule has 0 bridgehead atoms. The topological polar surface area (TPSA) is 111 Å². The normalized spacial score (nSPS) is 11.4. The zero-order chi connectivity index (χ0) is 24.5. The number of fused-ring (bicyclic) bond motifs is 1. The first-order valence-electron chi connectivity index (χ1n) is 10.2. The molecule has 0 aliphatic heterocycles. The third-order valence-electron chi connectivity index (χ3n) is 5.08. The molecule has 1 amide bonds. The summed E-state index contributed by atoms with van der Waals surface area (Å²) in [4.78, 5) is 16.5. The molecule has 0 radical (unpaired) electrons. The number of nitrogens with zero attached hydrogens (tertiary/aromatic N) is 4. The van der Waals surface area contributed by atoms with Gasteiger partial charge in [-0.1, -0.05) is 71.2 Å². The van der Waals surface area contributed by atoms with Crippen LogP contribution in [0.15, 0.2) is 76.4 Å². The minimum atomic E-state index is -0.711. The fraction of sp³-hybridized carbons (Fsp3) is 0. The lowest BCUT2D eigenvalue weighted by atomic mass is 10.2. The highest BCUT2D eigenvalue weighted by atomic mass is 35.5. The first kappa shape index (κ1) is 22.9. The second kappa shape index (κ2) is 9.42. The van der Waals surface area contributed by atoms with E-state index in [1.165, 1.54) is 6.21 Å². The number of pyridine rings is 1. The molecule has 0 atom stereocenters. The van der Waals surface area contributed by atoms with Crippen molar-refractivity contribution < 1.29 is 9.21 Å². The predicted octanol–water partition coefficient (Wildman–Crippen LogP) is 5.99. The van der Waals surface area contributed by atoms with E-state index in [9.17, 15) is 4.79 Å². The maximum atomic E-state index is 12.6. The molecule has 3 heterocycles. The molecule has 0 spiro atoms. The van der Waals surface area contributed by atoms with Crippen LogP contribution in [0.25, 0.3) is 28.1 Å². The number of nitrogen functional groups attached to an aromatic ring is 1. The second-order valence-electron chi connectivity index (χ2n) is 7.35. The van der Waals surface area contributed by atoms with Crippen molar-refractivity contribution in [3.05, 3.63) is 93.3 Å². The monoisotopic (exact) mass is 524 g/mol. The third kappa shape index (κ3) is 4.46. The number of nitrogens with two attached hydrogens (primary N) is 1. The Balaban J connectivity index is 1.49. The van der Waals surface area contributed by atoms with Crippen LogP contribution >= 0.6 is 34.8 Å². The van der Waals surface area contributed by atoms with Gasteiger partial charge >= 0.3 is 0 Å². The Kier molecular flexibility index (Phi) is 6.17. The van der Waals surface area contributed by atoms with E-state index in [0.29, 0.717) is 17.0 Å². The van der Waals surface area contributed by atoms with Crippen molar-refractivity contribution in [2.24, 2.45) is 5.10 Å². The van der Waals surface area contributed by atoms with Crippen molar-refractivity contribution in [1.29, 1.82) is 0 Å². The van der Waals surface area contributed by atoms with Gasteiger partial charge in [0.05, 0.1) is 22.6 Å². The summed E-state index contributed by atoms with van der Waals surface area (Å²) in [6, 6.07) is 19.1. The van der Waals surface area contributed by atoms with Gasteiger partial charge in [0, 0.05) is 17.1 Å². The van der Waals surface area contributed by atoms with Crippen molar-refractivity contribution in [3.8, 4) is 17.1 Å². The van der Waals surface area contributed by atoms with Crippen LogP contribution in [0.1, 0.15) is 16.1 Å². The summed E-state index contributed by atoms with van der Waals surface area (Å²) in [5, 5.41) is 9.39. The van der Waals surface area contributed by atoms with E-state index in [1.807, 2.05) is 60.7 Å². The maximum Gasteiger partial charge on any atom is 0.291 e. The molecule has 0 saturated carbocycles. The Bertz CT molecular complexity index is 1560. The molecule has 8 nitrogen and oxygen atoms in total. The average molecular weight is 526 g/mol. The highest BCUT2D eigenvalue weighted by Gasteiger charge is 2.20. The van der Waals surface area contributed by atoms with Gasteiger partial charge in [-0.3, -0.25) is 4.79 Å². The van der Waals surface area contributed by atoms with Gasteiger partial charge in [-0.2, -0.15) is 10.2 Å². The van der Waals surface area contributed by atoms with Gasteiger partial charge in [-0.25, -0.2) is 15.1 Å². The number of anilines is 1. The van der Waals surface area contributed by atoms with Crippen LogP contribution in [-0.4, -0.2) is 26.9 Å². The summed E-state index contributed by atoms with van der Waals surface area (Å²) in [7, 11) is 0. The Hall–Kier alpha value is -3.85. The molecular weight excluding hydrogens is 511 g/mol. The van der Waals surface area contributed by atoms with E-state index in [4.69, 9.17) is 45.0 Å². The van der Waals surface area contributed by atoms with Crippen LogP contribution < -0.4 is 11.2 Å². The van der Waals surface area contributed by atoms with Crippen LogP contribution in [0.5, 0.6) is 0 Å². The summed E-state index contributed by atoms with van der Waals surface area (Å²) in [6.45, 7) is 0. The number of nitrogens with one attached hydrogen (secondary N) is 1. The van der Waals surface area contributed by atoms with E-state index in [1.54, 1.807) is 10.9 Å². The van der Waals surface area contributed by atoms with Crippen LogP contribution in [0.3, 0.4) is 0 Å². The zero-order valence-electron chi connectivity index (χ0n) is 17.7. The fourth-order valence-electron chi connectivity index (χ4n) is 3.38. The van der Waals surface area contributed by atoms with Crippen molar-refractivity contribution in [1.82, 2.24) is 20.2 Å². The van der Waals surface area contributed by atoms with Crippen LogP contribution in [0.4, 0.5) is 5.69 Å². The van der Waals surface area contributed by atoms with E-state index in [2.05, 4.69) is 20.6 Å². The minimum Gasteiger partial charge on any atom is -0.454 e. The van der Waals surface area contributed by atoms with Crippen molar-refractivity contribution in [2.75, 3.05) is 5.73 Å². The molecule has 5 aromatic rings. The molecule has 3 N–H and O–H groups in total. The quantitative estimate of drug-likeness (QED) is 0.166. The fourth-order valence-corrected chi connectivity index (χ4v) is 3.97. The highest BCUT2D eigenvalue weighted by molar-refractivity contribution is 6.46. The number of furan rings is 1. The van der Waals surface area contributed by atoms with Crippen LogP contribution in [-0.2, 0) is 0 Å². The van der Waals surface area contributed by atoms with Gasteiger partial charge in [0.1, 0.15) is 16.3 Å². The molecule has 35 heavy (non-hydrogen) atoms. The molecule has 0 aliphatic rings. The highest BCUT2D eigenvalue weighted by Crippen LogP contribution is 2.34. The summed E-state index contributed by atoms with van der Waals surface area (Å²) in [5.41, 5.74) is 10.6. The summed E-state index contributed by atoms with van der Waals surface area (Å²) < 4.78 is 7.70. The summed E-state index contributed by atoms with van der Waals surface area (Å²) in [6.07, 6.45) is 3.22. The molecule has 0 unspecified atom stereocenters. The average Bonchev–Trinajstić information content (AvgIpc) is 3.49. The van der Waals surface area contributed by atoms with E-state index < -0.39 is 5.91 Å². The van der Waals surface area contributed by atoms with E-state index >= 15 is 0 Å². The Morgan fingerprint density at radius 2 is 1.80 bits per heavy atom. The summed E-state index contributed by atoms with van der Waals surface area (Å²) in [5.74, 6) is -0.159. The van der Waals surface area contributed by atoms with E-state index in [0.717, 1.165) is 16.7 Å². The number of benzene rings is 2. The number of aromatic nitrogens is 3. The van der Waals surface area contributed by atoms with Gasteiger partial charge in [0.2, 0.25) is 0 Å². The largest absolute Gasteiger partial charge is 0.454 e. The second-order valence-corrected chi connectivity index (χ2v) is 8.47. The molecule has 0 saturated heterocycles. The summed E-state index contributed by atoms with van der Waals surface area (Å²) >= 11 is 18.0. The van der Waals surface area contributed by atoms with Crippen molar-refractivity contribution in [3.63, 3.8) is 0 Å². The number of rotatable bonds is 5. The van der Waals surface area contributed by atoms with Crippen LogP contribution in [0, 0.1) is 0 Å². The molecule has 11 heteroatoms. The smallest absolute Gasteiger partial charge is 0.291 e. The molecule has 2 aromatic carbocycles. The Morgan fingerprint density at radius 3 is 2.57 bits per heavy atom. The molecular formula is C24H15Cl3N6O2. The molecule has 3 aromatic heterocycles. The lowest BCUT2D eigenvalue weighted by Crippen LogP contribution is -2.20. The Labute approximate surface area is 213 Å². The molecule has 174 valence electrons. The number of hydrogen-bond acceptors (Lipinski definition) is 6. The standard InChI is InChI=1S/C24H15Cl3N6O2/c25-18-20(28)19(26)23(27)30-22(18)24(34)31-29-11-14-12-33(15-7-2-1-3-8-15)32-21(14)17-10-13-6-4-5-9-16(13)35-17/h1-12H,(H2,28,30)(H,31,34)/b29-11+. The number of para-hydroxylation sites is 2. The number of carbonyl (C=O) groups excluding carboxylic acids is 1. The maximum absolute atomic E-state index is 12.6. The van der Waals surface area contributed by atoms with Crippen molar-refractivity contribution >= 4 is 63.6 Å². The molecule has 5 rings (SSSR count). The van der Waals surface area contributed by atoms with E-state index in [-0.39, 0.29) is 26.6 Å². The number of amides is 1. The first-order chi connectivity index (χ1) is 16.9. The molecule has 0 aliphatic carbocycles. The lowest BCUT2D eigenvalue weighted by molar-refractivity contribution is 0.0950. The number of carbonyl (C=O) groups is 1. The SMILES string of the molecule is Nc1c(Cl)c(Cl)nc(C(=O)N/N=C/c2cn(-c3ccccc3)nc2-c2cc3ccccc3o2)c1Cl. The van der Waals surface area contributed by atoms with Gasteiger partial charge in [0.15, 0.2) is 16.6 Å². The van der Waals surface area contributed by atoms with Crippen LogP contribution in [0.2, 0.25) is 15.2 Å². The first-order valence-corrected chi connectivity index (χ1v) is 11.3. The minimum absolute atomic E-state index is 0.0273. The van der Waals surface area contributed by atoms with Gasteiger partial charge < -0.3 is 10.2 Å². The zero-order valence-corrected chi connectivity index (χ0v) is 20.0. The van der Waals surface area contributed by atoms with Gasteiger partial charge in [-0.15, -0.1) is 0 Å². The predicted molar refractivity (Wildman–Crippen MR) is 138 cm³/mol. The van der Waals surface area contributed by atoms with Crippen molar-refractivity contribution in [2.45, 2.75) is 0 Å². The molecule has 0 fully saturated rings. The number of hydrazone groups is 1. The number of hydrogen-bond donors (Lipinski definition) is 2. The third-order valence-corrected chi connectivity index (χ3v) is 6.21. The number of halogens is 3.